The van der Waals surface area contributed by atoms with Gasteiger partial charge in [-0.2, -0.15) is 0 Å². The number of amides is 1. The molecular weight excluding hydrogens is 269 g/mol. The Kier molecular flexibility index (Phi) is 3.91. The van der Waals surface area contributed by atoms with Crippen LogP contribution in [0.25, 0.3) is 0 Å². The van der Waals surface area contributed by atoms with Gasteiger partial charge in [-0.1, -0.05) is 0 Å². The van der Waals surface area contributed by atoms with Crippen molar-refractivity contribution >= 4 is 28.2 Å². The number of hydrogen-bond donors (Lipinski definition) is 1. The van der Waals surface area contributed by atoms with Gasteiger partial charge in [0.1, 0.15) is 10.8 Å². The second-order valence-electron chi connectivity index (χ2n) is 3.62. The Hall–Kier alpha value is -2.21. The van der Waals surface area contributed by atoms with E-state index in [0.717, 1.165) is 0 Å². The summed E-state index contributed by atoms with van der Waals surface area (Å²) in [5.74, 6) is -1.34. The topological polar surface area (TPSA) is 55.4 Å². The Morgan fingerprint density at radius 3 is 2.53 bits per heavy atom. The maximum absolute atomic E-state index is 12.8. The van der Waals surface area contributed by atoms with Crippen molar-refractivity contribution in [2.24, 2.45) is 0 Å². The lowest BCUT2D eigenvalue weighted by atomic mass is 10.2. The fraction of sp³-hybridized carbons (Fsp3) is 0.0769. The molecule has 19 heavy (non-hydrogen) atoms. The van der Waals surface area contributed by atoms with Crippen molar-refractivity contribution in [3.63, 3.8) is 0 Å². The maximum Gasteiger partial charge on any atom is 0.340 e. The zero-order chi connectivity index (χ0) is 13.8. The zero-order valence-corrected chi connectivity index (χ0v) is 10.8. The normalized spacial score (nSPS) is 10.0. The molecule has 0 aliphatic heterocycles. The van der Waals surface area contributed by atoms with Crippen molar-refractivity contribution in [1.82, 2.24) is 0 Å². The molecule has 0 saturated heterocycles. The Morgan fingerprint density at radius 2 is 1.89 bits per heavy atom. The van der Waals surface area contributed by atoms with Crippen LogP contribution < -0.4 is 5.32 Å². The van der Waals surface area contributed by atoms with E-state index in [-0.39, 0.29) is 0 Å². The molecule has 4 nitrogen and oxygen atoms in total. The monoisotopic (exact) mass is 279 g/mol. The molecule has 0 spiro atoms. The summed E-state index contributed by atoms with van der Waals surface area (Å²) in [6.07, 6.45) is 0. The summed E-state index contributed by atoms with van der Waals surface area (Å²) in [5, 5.41) is 4.67. The van der Waals surface area contributed by atoms with E-state index in [1.54, 1.807) is 11.4 Å². The van der Waals surface area contributed by atoms with Gasteiger partial charge in [0.25, 0.3) is 5.91 Å². The molecule has 0 saturated carbocycles. The average molecular weight is 279 g/mol. The second kappa shape index (κ2) is 5.62. The minimum atomic E-state index is -0.518. The molecule has 0 radical (unpaired) electrons. The minimum absolute atomic E-state index is 0.294. The lowest BCUT2D eigenvalue weighted by Gasteiger charge is -2.05. The van der Waals surface area contributed by atoms with E-state index in [0.29, 0.717) is 16.1 Å². The Balaban J connectivity index is 2.17. The molecule has 1 aromatic heterocycles. The van der Waals surface area contributed by atoms with E-state index in [2.05, 4.69) is 10.1 Å². The van der Waals surface area contributed by atoms with Crippen molar-refractivity contribution in [2.75, 3.05) is 12.4 Å². The molecular formula is C13H10FNO3S. The van der Waals surface area contributed by atoms with Crippen LogP contribution in [0.3, 0.4) is 0 Å². The highest BCUT2D eigenvalue weighted by atomic mass is 32.1. The molecule has 1 aromatic carbocycles. The number of rotatable bonds is 3. The molecule has 0 aliphatic rings. The number of carbonyl (C=O) groups excluding carboxylic acids is 2. The number of ether oxygens (including phenoxy) is 1. The molecule has 0 bridgehead atoms. The molecule has 2 rings (SSSR count). The van der Waals surface area contributed by atoms with Gasteiger partial charge in [0.05, 0.1) is 12.7 Å². The van der Waals surface area contributed by atoms with Gasteiger partial charge in [-0.05, 0) is 35.7 Å². The number of methoxy groups -OCH3 is 1. The predicted octanol–water partition coefficient (Wildman–Crippen LogP) is 2.93. The second-order valence-corrected chi connectivity index (χ2v) is 4.53. The van der Waals surface area contributed by atoms with E-state index < -0.39 is 17.7 Å². The summed E-state index contributed by atoms with van der Waals surface area (Å²) in [6.45, 7) is 0. The molecule has 98 valence electrons. The highest BCUT2D eigenvalue weighted by molar-refractivity contribution is 7.14. The summed E-state index contributed by atoms with van der Waals surface area (Å²) in [4.78, 5) is 23.3. The molecule has 2 aromatic rings. The van der Waals surface area contributed by atoms with Crippen molar-refractivity contribution in [2.45, 2.75) is 0 Å². The molecule has 1 N–H and O–H groups in total. The van der Waals surface area contributed by atoms with Crippen molar-refractivity contribution in [3.8, 4) is 0 Å². The SMILES string of the molecule is COC(=O)c1ccsc1NC(=O)c1ccc(F)cc1. The molecule has 0 unspecified atom stereocenters. The third kappa shape index (κ3) is 2.97. The minimum Gasteiger partial charge on any atom is -0.465 e. The molecule has 1 amide bonds. The van der Waals surface area contributed by atoms with E-state index in [9.17, 15) is 14.0 Å². The van der Waals surface area contributed by atoms with E-state index in [1.807, 2.05) is 0 Å². The van der Waals surface area contributed by atoms with Crippen LogP contribution in [0.1, 0.15) is 20.7 Å². The van der Waals surface area contributed by atoms with Crippen LogP contribution in [0.15, 0.2) is 35.7 Å². The lowest BCUT2D eigenvalue weighted by molar-refractivity contribution is 0.0602. The van der Waals surface area contributed by atoms with Crippen LogP contribution >= 0.6 is 11.3 Å². The molecule has 0 aliphatic carbocycles. The number of anilines is 1. The predicted molar refractivity (Wildman–Crippen MR) is 70.0 cm³/mol. The molecule has 6 heteroatoms. The molecule has 0 fully saturated rings. The van der Waals surface area contributed by atoms with Gasteiger partial charge in [-0.25, -0.2) is 9.18 Å². The first-order valence-corrected chi connectivity index (χ1v) is 6.22. The third-order valence-corrected chi connectivity index (χ3v) is 3.23. The fourth-order valence-corrected chi connectivity index (χ4v) is 2.22. The van der Waals surface area contributed by atoms with Crippen molar-refractivity contribution in [1.29, 1.82) is 0 Å². The van der Waals surface area contributed by atoms with Gasteiger partial charge >= 0.3 is 5.97 Å². The van der Waals surface area contributed by atoms with Crippen LogP contribution in [-0.4, -0.2) is 19.0 Å². The van der Waals surface area contributed by atoms with Gasteiger partial charge in [-0.3, -0.25) is 4.79 Å². The summed E-state index contributed by atoms with van der Waals surface area (Å²) in [6, 6.07) is 6.71. The van der Waals surface area contributed by atoms with Gasteiger partial charge < -0.3 is 10.1 Å². The number of nitrogens with one attached hydrogen (secondary N) is 1. The standard InChI is InChI=1S/C13H10FNO3S/c1-18-13(17)10-6-7-19-12(10)15-11(16)8-2-4-9(14)5-3-8/h2-7H,1H3,(H,15,16). The third-order valence-electron chi connectivity index (χ3n) is 2.40. The highest BCUT2D eigenvalue weighted by Gasteiger charge is 2.16. The molecule has 0 atom stereocenters. The number of carbonyl (C=O) groups is 2. The number of hydrogen-bond acceptors (Lipinski definition) is 4. The highest BCUT2D eigenvalue weighted by Crippen LogP contribution is 2.24. The molecule has 1 heterocycles. The number of thiophene rings is 1. The largest absolute Gasteiger partial charge is 0.465 e. The van der Waals surface area contributed by atoms with Crippen molar-refractivity contribution in [3.05, 3.63) is 52.7 Å². The van der Waals surface area contributed by atoms with Crippen LogP contribution in [-0.2, 0) is 4.74 Å². The van der Waals surface area contributed by atoms with Gasteiger partial charge in [0.15, 0.2) is 0 Å². The van der Waals surface area contributed by atoms with E-state index >= 15 is 0 Å². The lowest BCUT2D eigenvalue weighted by Crippen LogP contribution is -2.13. The summed E-state index contributed by atoms with van der Waals surface area (Å²) in [5.41, 5.74) is 0.605. The summed E-state index contributed by atoms with van der Waals surface area (Å²) in [7, 11) is 1.27. The first kappa shape index (κ1) is 13.2. The Bertz CT molecular complexity index is 607. The van der Waals surface area contributed by atoms with E-state index in [1.165, 1.54) is 42.7 Å². The summed E-state index contributed by atoms with van der Waals surface area (Å²) < 4.78 is 17.4. The maximum atomic E-state index is 12.8. The van der Waals surface area contributed by atoms with Crippen molar-refractivity contribution < 1.29 is 18.7 Å². The number of esters is 1. The van der Waals surface area contributed by atoms with Gasteiger partial charge in [0, 0.05) is 5.56 Å². The summed E-state index contributed by atoms with van der Waals surface area (Å²) >= 11 is 1.21. The fourth-order valence-electron chi connectivity index (χ4n) is 1.45. The number of halogens is 1. The van der Waals surface area contributed by atoms with Crippen LogP contribution in [0, 0.1) is 5.82 Å². The first-order valence-electron chi connectivity index (χ1n) is 5.34. The van der Waals surface area contributed by atoms with Gasteiger partial charge in [-0.15, -0.1) is 11.3 Å². The van der Waals surface area contributed by atoms with E-state index in [4.69, 9.17) is 0 Å². The smallest absolute Gasteiger partial charge is 0.340 e. The van der Waals surface area contributed by atoms with Crippen LogP contribution in [0.4, 0.5) is 9.39 Å². The first-order chi connectivity index (χ1) is 9.11. The Labute approximate surface area is 112 Å². The van der Waals surface area contributed by atoms with Crippen LogP contribution in [0.5, 0.6) is 0 Å². The van der Waals surface area contributed by atoms with Gasteiger partial charge in [0.2, 0.25) is 0 Å². The average Bonchev–Trinajstić information content (AvgIpc) is 2.86. The van der Waals surface area contributed by atoms with Crippen LogP contribution in [0.2, 0.25) is 0 Å². The quantitative estimate of drug-likeness (QED) is 0.879. The number of benzene rings is 1. The zero-order valence-electron chi connectivity index (χ0n) is 9.98. The Morgan fingerprint density at radius 1 is 1.21 bits per heavy atom.